The maximum atomic E-state index is 12.8. The van der Waals surface area contributed by atoms with Gasteiger partial charge in [-0.05, 0) is 52.4 Å². The van der Waals surface area contributed by atoms with Gasteiger partial charge in [-0.25, -0.2) is 9.78 Å². The van der Waals surface area contributed by atoms with Crippen molar-refractivity contribution < 1.29 is 9.53 Å². The lowest BCUT2D eigenvalue weighted by molar-refractivity contribution is 0.00928. The number of carbonyl (C=O) groups is 1. The van der Waals surface area contributed by atoms with Crippen LogP contribution < -0.4 is 5.32 Å². The number of hydrogen-bond acceptors (Lipinski definition) is 5. The Bertz CT molecular complexity index is 713. The predicted molar refractivity (Wildman–Crippen MR) is 111 cm³/mol. The van der Waals surface area contributed by atoms with E-state index in [1.165, 1.54) is 12.8 Å². The third kappa shape index (κ3) is 6.08. The molecular formula is C20H35N7O2. The lowest BCUT2D eigenvalue weighted by atomic mass is 10.0. The number of guanidine groups is 1. The zero-order chi connectivity index (χ0) is 21.0. The highest BCUT2D eigenvalue weighted by molar-refractivity contribution is 5.80. The van der Waals surface area contributed by atoms with Crippen molar-refractivity contribution in [1.29, 1.82) is 0 Å². The van der Waals surface area contributed by atoms with Gasteiger partial charge in [0.2, 0.25) is 0 Å². The molecule has 0 spiro atoms. The van der Waals surface area contributed by atoms with Crippen LogP contribution in [0.4, 0.5) is 4.79 Å². The van der Waals surface area contributed by atoms with Crippen molar-refractivity contribution in [2.45, 2.75) is 64.6 Å². The minimum absolute atomic E-state index is 0.173. The number of nitrogens with one attached hydrogen (secondary N) is 1. The van der Waals surface area contributed by atoms with Crippen LogP contribution >= 0.6 is 0 Å². The number of carbonyl (C=O) groups excluding carboxylic acids is 1. The molecule has 1 saturated heterocycles. The molecule has 162 valence electrons. The first-order valence-electron chi connectivity index (χ1n) is 10.5. The fourth-order valence-corrected chi connectivity index (χ4v) is 3.63. The van der Waals surface area contributed by atoms with Crippen molar-refractivity contribution >= 4 is 12.1 Å². The minimum Gasteiger partial charge on any atom is -0.444 e. The van der Waals surface area contributed by atoms with Crippen molar-refractivity contribution in [1.82, 2.24) is 29.9 Å². The monoisotopic (exact) mass is 405 g/mol. The van der Waals surface area contributed by atoms with Crippen LogP contribution in [-0.2, 0) is 18.3 Å². The number of hydrogen-bond donors (Lipinski definition) is 1. The number of ether oxygens (including phenoxy) is 1. The molecule has 0 unspecified atom stereocenters. The molecule has 0 radical (unpaired) electrons. The van der Waals surface area contributed by atoms with Crippen LogP contribution in [0.1, 0.15) is 52.3 Å². The maximum Gasteiger partial charge on any atom is 0.410 e. The summed E-state index contributed by atoms with van der Waals surface area (Å²) in [5.74, 6) is 2.36. The first kappa shape index (κ1) is 21.4. The fraction of sp³-hybridized carbons (Fsp3) is 0.800. The van der Waals surface area contributed by atoms with Gasteiger partial charge < -0.3 is 19.9 Å². The van der Waals surface area contributed by atoms with Gasteiger partial charge in [-0.15, -0.1) is 0 Å². The number of aryl methyl sites for hydroxylation is 1. The molecule has 1 saturated carbocycles. The normalized spacial score (nSPS) is 18.7. The Morgan fingerprint density at radius 1 is 1.31 bits per heavy atom. The molecule has 9 heteroatoms. The molecular weight excluding hydrogens is 370 g/mol. The van der Waals surface area contributed by atoms with Crippen molar-refractivity contribution in [2.75, 3.05) is 26.7 Å². The Hall–Kier alpha value is -2.32. The summed E-state index contributed by atoms with van der Waals surface area (Å²) in [5, 5.41) is 7.47. The Labute approximate surface area is 173 Å². The predicted octanol–water partition coefficient (Wildman–Crippen LogP) is 2.00. The van der Waals surface area contributed by atoms with Gasteiger partial charge in [0.25, 0.3) is 0 Å². The summed E-state index contributed by atoms with van der Waals surface area (Å²) < 4.78 is 7.44. The molecule has 1 N–H and O–H groups in total. The first-order valence-corrected chi connectivity index (χ1v) is 10.5. The molecule has 1 aliphatic heterocycles. The molecule has 29 heavy (non-hydrogen) atoms. The number of aromatic nitrogens is 3. The smallest absolute Gasteiger partial charge is 0.410 e. The number of rotatable bonds is 5. The second-order valence-electron chi connectivity index (χ2n) is 8.99. The van der Waals surface area contributed by atoms with E-state index in [1.54, 1.807) is 18.1 Å². The minimum atomic E-state index is -0.467. The number of nitrogens with zero attached hydrogens (tertiary/aromatic N) is 6. The van der Waals surface area contributed by atoms with Gasteiger partial charge in [-0.3, -0.25) is 9.67 Å². The molecule has 2 aliphatic rings. The van der Waals surface area contributed by atoms with E-state index in [0.29, 0.717) is 12.5 Å². The van der Waals surface area contributed by atoms with Crippen molar-refractivity contribution in [2.24, 2.45) is 18.0 Å². The highest BCUT2D eigenvalue weighted by Crippen LogP contribution is 2.32. The van der Waals surface area contributed by atoms with Crippen LogP contribution in [0.3, 0.4) is 0 Å². The summed E-state index contributed by atoms with van der Waals surface area (Å²) in [6.07, 6.45) is 5.64. The van der Waals surface area contributed by atoms with Gasteiger partial charge in [0, 0.05) is 39.8 Å². The summed E-state index contributed by atoms with van der Waals surface area (Å²) in [5.41, 5.74) is -0.467. The molecule has 1 aromatic heterocycles. The van der Waals surface area contributed by atoms with E-state index in [1.807, 2.05) is 32.7 Å². The molecule has 0 atom stereocenters. The Morgan fingerprint density at radius 3 is 2.52 bits per heavy atom. The summed E-state index contributed by atoms with van der Waals surface area (Å²) >= 11 is 0. The Morgan fingerprint density at radius 2 is 2.00 bits per heavy atom. The highest BCUT2D eigenvalue weighted by atomic mass is 16.6. The third-order valence-electron chi connectivity index (χ3n) is 5.41. The van der Waals surface area contributed by atoms with E-state index in [9.17, 15) is 4.79 Å². The maximum absolute atomic E-state index is 12.8. The van der Waals surface area contributed by atoms with Crippen molar-refractivity contribution in [3.8, 4) is 0 Å². The van der Waals surface area contributed by atoms with Gasteiger partial charge in [0.05, 0.1) is 6.54 Å². The van der Waals surface area contributed by atoms with E-state index in [2.05, 4.69) is 25.3 Å². The van der Waals surface area contributed by atoms with Crippen molar-refractivity contribution in [3.05, 3.63) is 12.2 Å². The van der Waals surface area contributed by atoms with E-state index >= 15 is 0 Å². The third-order valence-corrected chi connectivity index (χ3v) is 5.41. The average Bonchev–Trinajstić information content (AvgIpc) is 3.40. The van der Waals surface area contributed by atoms with Gasteiger partial charge in [0.15, 0.2) is 5.96 Å². The van der Waals surface area contributed by atoms with E-state index in [0.717, 1.165) is 44.3 Å². The SMILES string of the molecule is CN=C(NCc1ncnn1C)N1CCC(N(CC2CC2)C(=O)OC(C)(C)C)CC1. The van der Waals surface area contributed by atoms with Crippen LogP contribution in [0, 0.1) is 5.92 Å². The van der Waals surface area contributed by atoms with Crippen LogP contribution in [0.25, 0.3) is 0 Å². The quantitative estimate of drug-likeness (QED) is 0.595. The van der Waals surface area contributed by atoms with E-state index < -0.39 is 5.60 Å². The number of likely N-dealkylation sites (tertiary alicyclic amines) is 1. The highest BCUT2D eigenvalue weighted by Gasteiger charge is 2.35. The second kappa shape index (κ2) is 9.00. The molecule has 0 aromatic carbocycles. The average molecular weight is 406 g/mol. The lowest BCUT2D eigenvalue weighted by Gasteiger charge is -2.40. The van der Waals surface area contributed by atoms with E-state index in [-0.39, 0.29) is 12.1 Å². The fourth-order valence-electron chi connectivity index (χ4n) is 3.63. The van der Waals surface area contributed by atoms with Gasteiger partial charge in [-0.1, -0.05) is 0 Å². The van der Waals surface area contributed by atoms with Crippen LogP contribution in [0.15, 0.2) is 11.3 Å². The van der Waals surface area contributed by atoms with Gasteiger partial charge >= 0.3 is 6.09 Å². The first-order chi connectivity index (χ1) is 13.8. The summed E-state index contributed by atoms with van der Waals surface area (Å²) in [4.78, 5) is 25.7. The molecule has 1 aliphatic carbocycles. The number of amides is 1. The summed E-state index contributed by atoms with van der Waals surface area (Å²) in [7, 11) is 3.68. The van der Waals surface area contributed by atoms with Crippen LogP contribution in [0.5, 0.6) is 0 Å². The zero-order valence-corrected chi connectivity index (χ0v) is 18.4. The van der Waals surface area contributed by atoms with Gasteiger partial charge in [-0.2, -0.15) is 5.10 Å². The molecule has 1 aromatic rings. The molecule has 3 rings (SSSR count). The molecule has 9 nitrogen and oxygen atoms in total. The zero-order valence-electron chi connectivity index (χ0n) is 18.4. The van der Waals surface area contributed by atoms with Crippen molar-refractivity contribution in [3.63, 3.8) is 0 Å². The van der Waals surface area contributed by atoms with Gasteiger partial charge in [0.1, 0.15) is 17.8 Å². The number of aliphatic imine (C=N–C) groups is 1. The molecule has 2 heterocycles. The molecule has 0 bridgehead atoms. The summed E-state index contributed by atoms with van der Waals surface area (Å²) in [6, 6.07) is 0.221. The van der Waals surface area contributed by atoms with Crippen LogP contribution in [0.2, 0.25) is 0 Å². The standard InChI is InChI=1S/C20H35N7O2/c1-20(2,3)29-19(28)27(13-15-6-7-15)16-8-10-26(11-9-16)18(21-4)22-12-17-23-14-24-25(17)5/h14-16H,6-13H2,1-5H3,(H,21,22). The number of piperidine rings is 1. The largest absolute Gasteiger partial charge is 0.444 e. The topological polar surface area (TPSA) is 87.9 Å². The molecule has 2 fully saturated rings. The molecule has 1 amide bonds. The van der Waals surface area contributed by atoms with E-state index in [4.69, 9.17) is 4.74 Å². The lowest BCUT2D eigenvalue weighted by Crippen LogP contribution is -2.52. The summed E-state index contributed by atoms with van der Waals surface area (Å²) in [6.45, 7) is 8.88. The second-order valence-corrected chi connectivity index (χ2v) is 8.99. The Kier molecular flexibility index (Phi) is 6.64. The van der Waals surface area contributed by atoms with Crippen LogP contribution in [-0.4, -0.2) is 74.9 Å². The Balaban J connectivity index is 1.55.